The van der Waals surface area contributed by atoms with E-state index < -0.39 is 0 Å². The third-order valence-electron chi connectivity index (χ3n) is 0.685. The van der Waals surface area contributed by atoms with E-state index in [2.05, 4.69) is 5.32 Å². The molecule has 0 rings (SSSR count). The van der Waals surface area contributed by atoms with E-state index in [-0.39, 0.29) is 12.2 Å². The van der Waals surface area contributed by atoms with Crippen molar-refractivity contribution in [2.45, 2.75) is 6.42 Å². The molecule has 1 N–H and O–H groups in total. The molecule has 0 aliphatic heterocycles. The smallest absolute Gasteiger partial charge is 0.153 e. The molecule has 0 heterocycles. The van der Waals surface area contributed by atoms with Crippen molar-refractivity contribution in [1.82, 2.24) is 5.32 Å². The lowest BCUT2D eigenvalue weighted by atomic mass is 10.3. The Bertz CT molecular complexity index is 90.4. The van der Waals surface area contributed by atoms with Crippen molar-refractivity contribution < 1.29 is 9.59 Å². The Balaban J connectivity index is 3.18. The number of Topliss-reactive ketones (excluding diaryl/α,β-unsaturated/α-hetero) is 1. The molecule has 0 aliphatic rings. The van der Waals surface area contributed by atoms with E-state index in [1.165, 1.54) is 0 Å². The number of aldehydes is 1. The molecule has 0 aromatic carbocycles. The molecular formula is C5H9NO2. The summed E-state index contributed by atoms with van der Waals surface area (Å²) in [5, 5.41) is 2.64. The molecule has 0 unspecified atom stereocenters. The second-order valence-corrected chi connectivity index (χ2v) is 1.44. The van der Waals surface area contributed by atoms with Crippen LogP contribution in [0.3, 0.4) is 0 Å². The van der Waals surface area contributed by atoms with Crippen molar-refractivity contribution in [1.29, 1.82) is 0 Å². The average Bonchev–Trinajstić information content (AvgIpc) is 1.68. The van der Waals surface area contributed by atoms with Gasteiger partial charge in [-0.05, 0) is 7.05 Å². The summed E-state index contributed by atoms with van der Waals surface area (Å²) < 4.78 is 0. The number of carbonyl (C=O) groups excluding carboxylic acids is 2. The molecule has 8 heavy (non-hydrogen) atoms. The SMILES string of the molecule is CNCC(=O)CC=O. The number of nitrogens with one attached hydrogen (secondary N) is 1. The second kappa shape index (κ2) is 4.46. The van der Waals surface area contributed by atoms with E-state index in [1.54, 1.807) is 7.05 Å². The standard InChI is InChI=1S/C5H9NO2/c1-6-4-5(8)2-3-7/h3,6H,2,4H2,1H3. The topological polar surface area (TPSA) is 46.2 Å². The quantitative estimate of drug-likeness (QED) is 0.391. The van der Waals surface area contributed by atoms with Gasteiger partial charge in [0.1, 0.15) is 6.29 Å². The largest absolute Gasteiger partial charge is 0.313 e. The molecule has 0 spiro atoms. The van der Waals surface area contributed by atoms with Crippen LogP contribution in [0.25, 0.3) is 0 Å². The summed E-state index contributed by atoms with van der Waals surface area (Å²) in [7, 11) is 1.67. The number of likely N-dealkylation sites (N-methyl/N-ethyl adjacent to an activating group) is 1. The molecule has 0 aromatic heterocycles. The van der Waals surface area contributed by atoms with Crippen LogP contribution in [-0.2, 0) is 9.59 Å². The summed E-state index contributed by atoms with van der Waals surface area (Å²) in [6, 6.07) is 0. The Morgan fingerprint density at radius 2 is 2.38 bits per heavy atom. The zero-order valence-corrected chi connectivity index (χ0v) is 4.81. The van der Waals surface area contributed by atoms with Gasteiger partial charge in [0, 0.05) is 0 Å². The van der Waals surface area contributed by atoms with Crippen LogP contribution in [0.4, 0.5) is 0 Å². The van der Waals surface area contributed by atoms with Crippen LogP contribution >= 0.6 is 0 Å². The predicted octanol–water partition coefficient (Wildman–Crippen LogP) is -0.636. The molecule has 3 nitrogen and oxygen atoms in total. The first kappa shape index (κ1) is 7.30. The molecule has 0 saturated carbocycles. The highest BCUT2D eigenvalue weighted by Crippen LogP contribution is 1.72. The first-order valence-corrected chi connectivity index (χ1v) is 2.41. The van der Waals surface area contributed by atoms with Gasteiger partial charge in [-0.15, -0.1) is 0 Å². The van der Waals surface area contributed by atoms with Crippen molar-refractivity contribution in [2.24, 2.45) is 0 Å². The van der Waals surface area contributed by atoms with Crippen LogP contribution in [0.5, 0.6) is 0 Å². The van der Waals surface area contributed by atoms with Gasteiger partial charge in [-0.25, -0.2) is 0 Å². The summed E-state index contributed by atoms with van der Waals surface area (Å²) >= 11 is 0. The number of hydrogen-bond donors (Lipinski definition) is 1. The summed E-state index contributed by atoms with van der Waals surface area (Å²) in [5.41, 5.74) is 0. The van der Waals surface area contributed by atoms with Gasteiger partial charge in [-0.2, -0.15) is 0 Å². The van der Waals surface area contributed by atoms with E-state index >= 15 is 0 Å². The van der Waals surface area contributed by atoms with Gasteiger partial charge < -0.3 is 10.1 Å². The third-order valence-corrected chi connectivity index (χ3v) is 0.685. The lowest BCUT2D eigenvalue weighted by molar-refractivity contribution is -0.121. The number of ketones is 1. The van der Waals surface area contributed by atoms with Crippen molar-refractivity contribution in [3.63, 3.8) is 0 Å². The molecule has 0 radical (unpaired) electrons. The van der Waals surface area contributed by atoms with Crippen LogP contribution < -0.4 is 5.32 Å². The van der Waals surface area contributed by atoms with Gasteiger partial charge in [0.2, 0.25) is 0 Å². The minimum absolute atomic E-state index is 0.0286. The minimum Gasteiger partial charge on any atom is -0.313 e. The normalized spacial score (nSPS) is 8.62. The highest BCUT2D eigenvalue weighted by Gasteiger charge is 1.94. The van der Waals surface area contributed by atoms with E-state index in [0.717, 1.165) is 0 Å². The zero-order valence-electron chi connectivity index (χ0n) is 4.81. The molecule has 0 aliphatic carbocycles. The highest BCUT2D eigenvalue weighted by atomic mass is 16.1. The fourth-order valence-corrected chi connectivity index (χ4v) is 0.362. The van der Waals surface area contributed by atoms with Gasteiger partial charge in [0.25, 0.3) is 0 Å². The van der Waals surface area contributed by atoms with Crippen molar-refractivity contribution in [3.8, 4) is 0 Å². The molecular weight excluding hydrogens is 106 g/mol. The fourth-order valence-electron chi connectivity index (χ4n) is 0.362. The van der Waals surface area contributed by atoms with E-state index in [4.69, 9.17) is 0 Å². The summed E-state index contributed by atoms with van der Waals surface area (Å²) in [4.78, 5) is 20.0. The number of hydrogen-bond acceptors (Lipinski definition) is 3. The first-order chi connectivity index (χ1) is 3.81. The van der Waals surface area contributed by atoms with Crippen molar-refractivity contribution >= 4 is 12.1 Å². The lowest BCUT2D eigenvalue weighted by Gasteiger charge is -1.89. The summed E-state index contributed by atoms with van der Waals surface area (Å²) in [5.74, 6) is -0.0671. The predicted molar refractivity (Wildman–Crippen MR) is 29.6 cm³/mol. The minimum atomic E-state index is -0.0671. The van der Waals surface area contributed by atoms with Gasteiger partial charge in [-0.1, -0.05) is 0 Å². The summed E-state index contributed by atoms with van der Waals surface area (Å²) in [6.45, 7) is 0.290. The lowest BCUT2D eigenvalue weighted by Crippen LogP contribution is -2.18. The van der Waals surface area contributed by atoms with Gasteiger partial charge >= 0.3 is 0 Å². The fraction of sp³-hybridized carbons (Fsp3) is 0.600. The molecule has 0 amide bonds. The Kier molecular flexibility index (Phi) is 4.07. The number of carbonyl (C=O) groups is 2. The Morgan fingerprint density at radius 1 is 1.75 bits per heavy atom. The molecule has 0 fully saturated rings. The number of rotatable bonds is 4. The molecule has 0 bridgehead atoms. The van der Waals surface area contributed by atoms with Gasteiger partial charge in [0.15, 0.2) is 5.78 Å². The maximum absolute atomic E-state index is 10.3. The zero-order chi connectivity index (χ0) is 6.41. The Labute approximate surface area is 48.1 Å². The van der Waals surface area contributed by atoms with Crippen LogP contribution in [0.2, 0.25) is 0 Å². The van der Waals surface area contributed by atoms with Crippen LogP contribution in [0.1, 0.15) is 6.42 Å². The summed E-state index contributed by atoms with van der Waals surface area (Å²) in [6.07, 6.45) is 0.639. The van der Waals surface area contributed by atoms with Crippen molar-refractivity contribution in [3.05, 3.63) is 0 Å². The molecule has 3 heteroatoms. The van der Waals surface area contributed by atoms with E-state index in [9.17, 15) is 9.59 Å². The third kappa shape index (κ3) is 3.49. The molecule has 0 aromatic rings. The highest BCUT2D eigenvalue weighted by molar-refractivity contribution is 5.90. The maximum atomic E-state index is 10.3. The van der Waals surface area contributed by atoms with Gasteiger partial charge in [0.05, 0.1) is 13.0 Å². The maximum Gasteiger partial charge on any atom is 0.153 e. The Hall–Kier alpha value is -0.700. The van der Waals surface area contributed by atoms with Gasteiger partial charge in [-0.3, -0.25) is 4.79 Å². The van der Waals surface area contributed by atoms with Crippen LogP contribution in [-0.4, -0.2) is 25.7 Å². The van der Waals surface area contributed by atoms with Crippen molar-refractivity contribution in [2.75, 3.05) is 13.6 Å². The monoisotopic (exact) mass is 115 g/mol. The average molecular weight is 115 g/mol. The van der Waals surface area contributed by atoms with Crippen LogP contribution in [0.15, 0.2) is 0 Å². The Morgan fingerprint density at radius 3 is 2.75 bits per heavy atom. The first-order valence-electron chi connectivity index (χ1n) is 2.41. The second-order valence-electron chi connectivity index (χ2n) is 1.44. The molecule has 0 saturated heterocycles. The molecule has 46 valence electrons. The molecule has 0 atom stereocenters. The van der Waals surface area contributed by atoms with E-state index in [1.807, 2.05) is 0 Å². The van der Waals surface area contributed by atoms with E-state index in [0.29, 0.717) is 12.8 Å². The van der Waals surface area contributed by atoms with Crippen LogP contribution in [0, 0.1) is 0 Å².